The zero-order chi connectivity index (χ0) is 23.4. The van der Waals surface area contributed by atoms with E-state index in [1.165, 1.54) is 30.2 Å². The lowest BCUT2D eigenvalue weighted by Gasteiger charge is -2.15. The van der Waals surface area contributed by atoms with Gasteiger partial charge in [0.15, 0.2) is 17.1 Å². The highest BCUT2D eigenvalue weighted by molar-refractivity contribution is 7.99. The van der Waals surface area contributed by atoms with E-state index in [9.17, 15) is 9.59 Å². The van der Waals surface area contributed by atoms with Gasteiger partial charge in [-0.3, -0.25) is 4.79 Å². The number of anilines is 1. The summed E-state index contributed by atoms with van der Waals surface area (Å²) < 4.78 is 12.4. The molecule has 2 heterocycles. The second-order valence-electron chi connectivity index (χ2n) is 6.66. The van der Waals surface area contributed by atoms with Crippen LogP contribution in [0.3, 0.4) is 0 Å². The molecule has 1 amide bonds. The third-order valence-electron chi connectivity index (χ3n) is 4.28. The van der Waals surface area contributed by atoms with Crippen molar-refractivity contribution < 1.29 is 19.1 Å². The number of aryl methyl sites for hydroxylation is 1. The molecule has 1 N–H and O–H groups in total. The van der Waals surface area contributed by atoms with Crippen molar-refractivity contribution in [2.75, 3.05) is 18.2 Å². The molecule has 0 saturated carbocycles. The second kappa shape index (κ2) is 10.6. The largest absolute Gasteiger partial charge is 0.481 e. The molecule has 1 atom stereocenters. The number of carbonyl (C=O) groups is 2. The number of thiophene rings is 1. The Morgan fingerprint density at radius 3 is 2.72 bits per heavy atom. The van der Waals surface area contributed by atoms with E-state index in [4.69, 9.17) is 32.7 Å². The van der Waals surface area contributed by atoms with E-state index in [0.29, 0.717) is 37.3 Å². The van der Waals surface area contributed by atoms with Crippen LogP contribution in [0.15, 0.2) is 29.4 Å². The topological polar surface area (TPSA) is 95.3 Å². The van der Waals surface area contributed by atoms with Gasteiger partial charge in [0.2, 0.25) is 5.91 Å². The molecule has 3 rings (SSSR count). The average molecular weight is 515 g/mol. The lowest BCUT2D eigenvalue weighted by atomic mass is 10.3. The first-order valence-electron chi connectivity index (χ1n) is 9.32. The Labute approximate surface area is 203 Å². The smallest absolute Gasteiger partial charge is 0.340 e. The van der Waals surface area contributed by atoms with E-state index < -0.39 is 12.1 Å². The Balaban J connectivity index is 1.62. The number of ether oxygens (including phenoxy) is 2. The molecule has 0 aliphatic heterocycles. The number of thioether (sulfide) groups is 1. The molecule has 0 fully saturated rings. The van der Waals surface area contributed by atoms with Crippen LogP contribution in [0, 0.1) is 6.92 Å². The predicted octanol–water partition coefficient (Wildman–Crippen LogP) is 5.15. The van der Waals surface area contributed by atoms with Gasteiger partial charge < -0.3 is 19.4 Å². The maximum absolute atomic E-state index is 12.4. The summed E-state index contributed by atoms with van der Waals surface area (Å²) in [5, 5.41) is 13.0. The molecule has 1 aromatic carbocycles. The molecule has 8 nitrogen and oxygen atoms in total. The highest BCUT2D eigenvalue weighted by Gasteiger charge is 2.20. The van der Waals surface area contributed by atoms with Gasteiger partial charge in [-0.05, 0) is 38.1 Å². The number of benzene rings is 1. The Kier molecular flexibility index (Phi) is 8.05. The highest BCUT2D eigenvalue weighted by atomic mass is 35.5. The molecular formula is C20H20Cl2N4O4S2. The van der Waals surface area contributed by atoms with Crippen LogP contribution in [0.25, 0.3) is 0 Å². The number of aromatic nitrogens is 3. The number of hydrogen-bond donors (Lipinski definition) is 1. The zero-order valence-corrected chi connectivity index (χ0v) is 20.8. The van der Waals surface area contributed by atoms with Crippen LogP contribution in [-0.2, 0) is 16.6 Å². The first-order chi connectivity index (χ1) is 15.2. The molecule has 0 aliphatic rings. The molecule has 170 valence electrons. The molecular weight excluding hydrogens is 495 g/mol. The number of nitrogens with zero attached hydrogens (tertiary/aromatic N) is 3. The Bertz CT molecular complexity index is 1150. The van der Waals surface area contributed by atoms with Gasteiger partial charge in [0.05, 0.1) is 23.4 Å². The number of nitrogens with one attached hydrogen (secondary N) is 1. The van der Waals surface area contributed by atoms with Crippen LogP contribution >= 0.6 is 46.3 Å². The quantitative estimate of drug-likeness (QED) is 0.328. The van der Waals surface area contributed by atoms with Crippen molar-refractivity contribution in [2.24, 2.45) is 7.05 Å². The summed E-state index contributed by atoms with van der Waals surface area (Å²) in [6.07, 6.45) is -0.439. The molecule has 0 bridgehead atoms. The molecule has 3 aromatic rings. The van der Waals surface area contributed by atoms with Crippen LogP contribution in [0.4, 0.5) is 5.00 Å². The lowest BCUT2D eigenvalue weighted by Crippen LogP contribution is -2.16. The molecule has 1 unspecified atom stereocenters. The number of rotatable bonds is 8. The van der Waals surface area contributed by atoms with Crippen molar-refractivity contribution in [3.63, 3.8) is 0 Å². The van der Waals surface area contributed by atoms with Crippen LogP contribution in [0.2, 0.25) is 10.0 Å². The van der Waals surface area contributed by atoms with E-state index in [2.05, 4.69) is 15.5 Å². The minimum absolute atomic E-state index is 0.0851. The minimum atomic E-state index is -0.495. The number of halogens is 2. The first-order valence-corrected chi connectivity index (χ1v) is 11.9. The maximum atomic E-state index is 12.4. The van der Waals surface area contributed by atoms with E-state index in [-0.39, 0.29) is 11.7 Å². The molecule has 0 spiro atoms. The zero-order valence-electron chi connectivity index (χ0n) is 17.6. The fraction of sp³-hybridized carbons (Fsp3) is 0.300. The van der Waals surface area contributed by atoms with E-state index >= 15 is 0 Å². The molecule has 2 aromatic heterocycles. The number of methoxy groups -OCH3 is 1. The van der Waals surface area contributed by atoms with Gasteiger partial charge in [-0.15, -0.1) is 21.5 Å². The van der Waals surface area contributed by atoms with Crippen molar-refractivity contribution in [2.45, 2.75) is 25.1 Å². The molecule has 0 radical (unpaired) electrons. The summed E-state index contributed by atoms with van der Waals surface area (Å²) in [4.78, 5) is 25.2. The van der Waals surface area contributed by atoms with E-state index in [1.807, 2.05) is 13.8 Å². The SMILES string of the molecule is COC(=O)c1cc(C)sc1NC(=O)CSc1nnc(C(C)Oc2ccc(Cl)cc2Cl)n1C. The van der Waals surface area contributed by atoms with Gasteiger partial charge >= 0.3 is 5.97 Å². The monoisotopic (exact) mass is 514 g/mol. The second-order valence-corrected chi connectivity index (χ2v) is 9.71. The highest BCUT2D eigenvalue weighted by Crippen LogP contribution is 2.32. The standard InChI is InChI=1S/C20H20Cl2N4O4S2/c1-10-7-13(19(28)29-4)18(32-10)23-16(27)9-31-20-25-24-17(26(20)3)11(2)30-15-6-5-12(21)8-14(15)22/h5-8,11H,9H2,1-4H3,(H,23,27). The Morgan fingerprint density at radius 2 is 2.03 bits per heavy atom. The van der Waals surface area contributed by atoms with Crippen molar-refractivity contribution in [3.05, 3.63) is 50.6 Å². The van der Waals surface area contributed by atoms with Crippen LogP contribution in [-0.4, -0.2) is 39.5 Å². The number of amides is 1. The van der Waals surface area contributed by atoms with Gasteiger partial charge in [0, 0.05) is 16.9 Å². The van der Waals surface area contributed by atoms with E-state index in [0.717, 1.165) is 4.88 Å². The third kappa shape index (κ3) is 5.74. The summed E-state index contributed by atoms with van der Waals surface area (Å²) in [5.74, 6) is 0.365. The Morgan fingerprint density at radius 1 is 1.28 bits per heavy atom. The fourth-order valence-electron chi connectivity index (χ4n) is 2.78. The first kappa shape index (κ1) is 24.4. The number of esters is 1. The lowest BCUT2D eigenvalue weighted by molar-refractivity contribution is -0.113. The van der Waals surface area contributed by atoms with Crippen LogP contribution in [0.1, 0.15) is 34.1 Å². The fourth-order valence-corrected chi connectivity index (χ4v) is 4.87. The van der Waals surface area contributed by atoms with Gasteiger partial charge in [-0.25, -0.2) is 4.79 Å². The van der Waals surface area contributed by atoms with Crippen molar-refractivity contribution in [1.29, 1.82) is 0 Å². The van der Waals surface area contributed by atoms with Crippen molar-refractivity contribution >= 4 is 63.2 Å². The van der Waals surface area contributed by atoms with Crippen LogP contribution in [0.5, 0.6) is 5.75 Å². The summed E-state index contributed by atoms with van der Waals surface area (Å²) >= 11 is 14.6. The third-order valence-corrected chi connectivity index (χ3v) is 6.79. The molecule has 0 aliphatic carbocycles. The molecule has 0 saturated heterocycles. The van der Waals surface area contributed by atoms with Crippen molar-refractivity contribution in [1.82, 2.24) is 14.8 Å². The van der Waals surface area contributed by atoms with Crippen molar-refractivity contribution in [3.8, 4) is 5.75 Å². The average Bonchev–Trinajstić information content (AvgIpc) is 3.29. The summed E-state index contributed by atoms with van der Waals surface area (Å²) in [6.45, 7) is 3.67. The summed E-state index contributed by atoms with van der Waals surface area (Å²) in [6, 6.07) is 6.66. The summed E-state index contributed by atoms with van der Waals surface area (Å²) in [5.41, 5.74) is 0.334. The Hall–Kier alpha value is -2.27. The van der Waals surface area contributed by atoms with E-state index in [1.54, 1.807) is 35.9 Å². The normalized spacial score (nSPS) is 11.8. The maximum Gasteiger partial charge on any atom is 0.340 e. The predicted molar refractivity (Wildman–Crippen MR) is 126 cm³/mol. The van der Waals surface area contributed by atoms with Gasteiger partial charge in [0.1, 0.15) is 10.8 Å². The minimum Gasteiger partial charge on any atom is -0.481 e. The van der Waals surface area contributed by atoms with Gasteiger partial charge in [-0.2, -0.15) is 0 Å². The molecule has 32 heavy (non-hydrogen) atoms. The number of carbonyl (C=O) groups excluding carboxylic acids is 2. The number of hydrogen-bond acceptors (Lipinski definition) is 8. The summed E-state index contributed by atoms with van der Waals surface area (Å²) in [7, 11) is 3.09. The van der Waals surface area contributed by atoms with Gasteiger partial charge in [-0.1, -0.05) is 35.0 Å². The van der Waals surface area contributed by atoms with Gasteiger partial charge in [0.25, 0.3) is 0 Å². The molecule has 12 heteroatoms. The van der Waals surface area contributed by atoms with Crippen LogP contribution < -0.4 is 10.1 Å².